The number of hydrogen-bond donors (Lipinski definition) is 1. The average Bonchev–Trinajstić information content (AvgIpc) is 2.49. The summed E-state index contributed by atoms with van der Waals surface area (Å²) >= 11 is 0. The van der Waals surface area contributed by atoms with Crippen molar-refractivity contribution in [3.63, 3.8) is 0 Å². The summed E-state index contributed by atoms with van der Waals surface area (Å²) in [4.78, 5) is 12.1. The molecule has 5 nitrogen and oxygen atoms in total. The second-order valence-electron chi connectivity index (χ2n) is 5.93. The fraction of sp³-hybridized carbons (Fsp3) is 0.278. The maximum atomic E-state index is 13.2. The first-order chi connectivity index (χ1) is 11.7. The van der Waals surface area contributed by atoms with E-state index in [1.807, 2.05) is 26.0 Å². The minimum absolute atomic E-state index is 0.00424. The lowest BCUT2D eigenvalue weighted by atomic mass is 10.1. The van der Waals surface area contributed by atoms with Gasteiger partial charge in [-0.1, -0.05) is 18.2 Å². The van der Waals surface area contributed by atoms with Crippen molar-refractivity contribution in [2.24, 2.45) is 0 Å². The number of nitrogens with zero attached hydrogens (tertiary/aromatic N) is 1. The Labute approximate surface area is 147 Å². The van der Waals surface area contributed by atoms with Gasteiger partial charge in [0.05, 0.1) is 11.9 Å². The van der Waals surface area contributed by atoms with Crippen molar-refractivity contribution < 1.29 is 17.6 Å². The zero-order valence-electron chi connectivity index (χ0n) is 14.4. The van der Waals surface area contributed by atoms with E-state index >= 15 is 0 Å². The van der Waals surface area contributed by atoms with Gasteiger partial charge in [0.15, 0.2) is 0 Å². The van der Waals surface area contributed by atoms with Crippen LogP contribution in [0, 0.1) is 19.7 Å². The summed E-state index contributed by atoms with van der Waals surface area (Å²) in [5.41, 5.74) is 2.63. The Kier molecular flexibility index (Phi) is 5.79. The highest BCUT2D eigenvalue weighted by molar-refractivity contribution is 7.92. The average molecular weight is 364 g/mol. The molecule has 0 aliphatic heterocycles. The molecule has 0 radical (unpaired) electrons. The number of benzene rings is 2. The predicted octanol–water partition coefficient (Wildman–Crippen LogP) is 3.24. The van der Waals surface area contributed by atoms with Crippen LogP contribution in [0.15, 0.2) is 42.5 Å². The molecule has 0 bridgehead atoms. The Morgan fingerprint density at radius 1 is 1.16 bits per heavy atom. The number of amides is 1. The molecular weight excluding hydrogens is 343 g/mol. The van der Waals surface area contributed by atoms with Crippen LogP contribution in [0.1, 0.15) is 17.5 Å². The molecule has 2 rings (SSSR count). The van der Waals surface area contributed by atoms with Gasteiger partial charge in [-0.15, -0.1) is 0 Å². The largest absolute Gasteiger partial charge is 0.326 e. The highest BCUT2D eigenvalue weighted by Gasteiger charge is 2.20. The van der Waals surface area contributed by atoms with Gasteiger partial charge in [0, 0.05) is 18.7 Å². The number of halogens is 1. The molecule has 0 unspecified atom stereocenters. The SMILES string of the molecule is Cc1ccc(C)c(N(CCC(=O)Nc2cccc(F)c2)S(C)(=O)=O)c1. The lowest BCUT2D eigenvalue weighted by molar-refractivity contribution is -0.116. The van der Waals surface area contributed by atoms with Gasteiger partial charge in [-0.2, -0.15) is 0 Å². The lowest BCUT2D eigenvalue weighted by Gasteiger charge is -2.24. The summed E-state index contributed by atoms with van der Waals surface area (Å²) in [5, 5.41) is 2.57. The molecule has 0 aromatic heterocycles. The van der Waals surface area contributed by atoms with Crippen LogP contribution in [0.4, 0.5) is 15.8 Å². The molecule has 0 spiro atoms. The highest BCUT2D eigenvalue weighted by atomic mass is 32.2. The van der Waals surface area contributed by atoms with Gasteiger partial charge in [-0.3, -0.25) is 9.10 Å². The topological polar surface area (TPSA) is 66.5 Å². The van der Waals surface area contributed by atoms with Gasteiger partial charge in [-0.05, 0) is 49.2 Å². The highest BCUT2D eigenvalue weighted by Crippen LogP contribution is 2.24. The maximum absolute atomic E-state index is 13.2. The Morgan fingerprint density at radius 3 is 2.52 bits per heavy atom. The van der Waals surface area contributed by atoms with Crippen LogP contribution in [0.2, 0.25) is 0 Å². The fourth-order valence-electron chi connectivity index (χ4n) is 2.45. The molecule has 2 aromatic carbocycles. The summed E-state index contributed by atoms with van der Waals surface area (Å²) in [7, 11) is -3.54. The van der Waals surface area contributed by atoms with Crippen LogP contribution >= 0.6 is 0 Å². The van der Waals surface area contributed by atoms with E-state index in [9.17, 15) is 17.6 Å². The minimum Gasteiger partial charge on any atom is -0.326 e. The number of carbonyl (C=O) groups excluding carboxylic acids is 1. The number of carbonyl (C=O) groups is 1. The van der Waals surface area contributed by atoms with Crippen LogP contribution in [-0.4, -0.2) is 27.1 Å². The van der Waals surface area contributed by atoms with E-state index in [2.05, 4.69) is 5.32 Å². The molecule has 0 saturated carbocycles. The first-order valence-electron chi connectivity index (χ1n) is 7.77. The standard InChI is InChI=1S/C18H21FN2O3S/c1-13-7-8-14(2)17(11-13)21(25(3,23)24)10-9-18(22)20-16-6-4-5-15(19)12-16/h4-8,11-12H,9-10H2,1-3H3,(H,20,22). The first kappa shape index (κ1) is 18.9. The molecule has 7 heteroatoms. The third kappa shape index (κ3) is 5.29. The van der Waals surface area contributed by atoms with Crippen molar-refractivity contribution in [3.8, 4) is 0 Å². The van der Waals surface area contributed by atoms with Gasteiger partial charge in [0.1, 0.15) is 5.82 Å². The van der Waals surface area contributed by atoms with E-state index < -0.39 is 15.8 Å². The van der Waals surface area contributed by atoms with Gasteiger partial charge in [0.2, 0.25) is 15.9 Å². The first-order valence-corrected chi connectivity index (χ1v) is 9.62. The monoisotopic (exact) mass is 364 g/mol. The Bertz CT molecular complexity index is 882. The summed E-state index contributed by atoms with van der Waals surface area (Å²) in [6.07, 6.45) is 1.07. The van der Waals surface area contributed by atoms with Crippen LogP contribution in [-0.2, 0) is 14.8 Å². The molecule has 2 aromatic rings. The molecule has 25 heavy (non-hydrogen) atoms. The van der Waals surface area contributed by atoms with Crippen molar-refractivity contribution in [1.82, 2.24) is 0 Å². The van der Waals surface area contributed by atoms with Crippen LogP contribution in [0.25, 0.3) is 0 Å². The van der Waals surface area contributed by atoms with E-state index in [0.29, 0.717) is 11.4 Å². The van der Waals surface area contributed by atoms with Crippen molar-refractivity contribution in [2.45, 2.75) is 20.3 Å². The number of rotatable bonds is 6. The zero-order valence-corrected chi connectivity index (χ0v) is 15.2. The Hall–Kier alpha value is -2.41. The van der Waals surface area contributed by atoms with Gasteiger partial charge in [0.25, 0.3) is 0 Å². The molecule has 0 saturated heterocycles. The maximum Gasteiger partial charge on any atom is 0.232 e. The van der Waals surface area contributed by atoms with E-state index in [1.165, 1.54) is 22.5 Å². The number of nitrogens with one attached hydrogen (secondary N) is 1. The van der Waals surface area contributed by atoms with Gasteiger partial charge in [-0.25, -0.2) is 12.8 Å². The summed E-state index contributed by atoms with van der Waals surface area (Å²) in [6, 6.07) is 11.1. The van der Waals surface area contributed by atoms with E-state index in [-0.39, 0.29) is 18.9 Å². The smallest absolute Gasteiger partial charge is 0.232 e. The normalized spacial score (nSPS) is 11.2. The van der Waals surface area contributed by atoms with Crippen molar-refractivity contribution in [1.29, 1.82) is 0 Å². The molecule has 1 amide bonds. The van der Waals surface area contributed by atoms with Crippen LogP contribution in [0.3, 0.4) is 0 Å². The Morgan fingerprint density at radius 2 is 1.88 bits per heavy atom. The molecule has 0 atom stereocenters. The number of sulfonamides is 1. The predicted molar refractivity (Wildman–Crippen MR) is 97.8 cm³/mol. The summed E-state index contributed by atoms with van der Waals surface area (Å²) < 4.78 is 38.7. The lowest BCUT2D eigenvalue weighted by Crippen LogP contribution is -2.33. The quantitative estimate of drug-likeness (QED) is 0.856. The molecule has 0 heterocycles. The second kappa shape index (κ2) is 7.65. The van der Waals surface area contributed by atoms with Crippen LogP contribution < -0.4 is 9.62 Å². The molecule has 1 N–H and O–H groups in total. The second-order valence-corrected chi connectivity index (χ2v) is 7.84. The molecule has 0 aliphatic carbocycles. The molecule has 134 valence electrons. The van der Waals surface area contributed by atoms with E-state index in [1.54, 1.807) is 12.1 Å². The van der Waals surface area contributed by atoms with Gasteiger partial charge >= 0.3 is 0 Å². The van der Waals surface area contributed by atoms with Crippen LogP contribution in [0.5, 0.6) is 0 Å². The minimum atomic E-state index is -3.54. The van der Waals surface area contributed by atoms with Gasteiger partial charge < -0.3 is 5.32 Å². The Balaban J connectivity index is 2.13. The number of aryl methyl sites for hydroxylation is 2. The van der Waals surface area contributed by atoms with Crippen molar-refractivity contribution in [3.05, 3.63) is 59.4 Å². The fourth-order valence-corrected chi connectivity index (χ4v) is 3.42. The number of anilines is 2. The third-order valence-electron chi connectivity index (χ3n) is 3.68. The third-order valence-corrected chi connectivity index (χ3v) is 4.86. The molecular formula is C18H21FN2O3S. The zero-order chi connectivity index (χ0) is 18.6. The number of hydrogen-bond acceptors (Lipinski definition) is 3. The van der Waals surface area contributed by atoms with E-state index in [0.717, 1.165) is 17.4 Å². The molecule has 0 fully saturated rings. The molecule has 0 aliphatic rings. The van der Waals surface area contributed by atoms with Crippen molar-refractivity contribution >= 4 is 27.3 Å². The summed E-state index contributed by atoms with van der Waals surface area (Å²) in [5.74, 6) is -0.837. The summed E-state index contributed by atoms with van der Waals surface area (Å²) in [6.45, 7) is 3.70. The van der Waals surface area contributed by atoms with E-state index in [4.69, 9.17) is 0 Å². The van der Waals surface area contributed by atoms with Crippen molar-refractivity contribution in [2.75, 3.05) is 22.4 Å².